The molecule has 1 aromatic rings. The average molecular weight is 223 g/mol. The maximum absolute atomic E-state index is 5.82. The molecule has 0 bridgehead atoms. The first-order valence-corrected chi connectivity index (χ1v) is 5.55. The predicted molar refractivity (Wildman–Crippen MR) is 61.8 cm³/mol. The predicted octanol–water partition coefficient (Wildman–Crippen LogP) is 1.06. The van der Waals surface area contributed by atoms with Crippen molar-refractivity contribution < 1.29 is 4.74 Å². The van der Waals surface area contributed by atoms with Crippen LogP contribution in [0.25, 0.3) is 0 Å². The number of aromatic nitrogens is 2. The lowest BCUT2D eigenvalue weighted by atomic mass is 9.98. The second kappa shape index (κ2) is 4.98. The lowest BCUT2D eigenvalue weighted by Crippen LogP contribution is -2.21. The van der Waals surface area contributed by atoms with Crippen molar-refractivity contribution in [2.75, 3.05) is 11.2 Å². The molecule has 2 rings (SSSR count). The first-order chi connectivity index (χ1) is 7.81. The minimum atomic E-state index is 0.219. The van der Waals surface area contributed by atoms with E-state index < -0.39 is 0 Å². The van der Waals surface area contributed by atoms with Gasteiger partial charge in [0, 0.05) is 0 Å². The van der Waals surface area contributed by atoms with Gasteiger partial charge in [0.05, 0.1) is 0 Å². The Labute approximate surface area is 94.4 Å². The minimum absolute atomic E-state index is 0.219. The van der Waals surface area contributed by atoms with Gasteiger partial charge in [-0.05, 0) is 25.7 Å². The molecule has 1 fully saturated rings. The average Bonchev–Trinajstić information content (AvgIpc) is 2.33. The van der Waals surface area contributed by atoms with E-state index in [4.69, 9.17) is 16.3 Å². The van der Waals surface area contributed by atoms with Crippen molar-refractivity contribution in [3.8, 4) is 5.88 Å². The molecule has 5 N–H and O–H groups in total. The molecule has 1 aromatic heterocycles. The molecule has 16 heavy (non-hydrogen) atoms. The number of hydrazine groups is 1. The summed E-state index contributed by atoms with van der Waals surface area (Å²) >= 11 is 0. The Bertz CT molecular complexity index is 351. The van der Waals surface area contributed by atoms with Crippen LogP contribution in [-0.4, -0.2) is 16.1 Å². The monoisotopic (exact) mass is 223 g/mol. The Kier molecular flexibility index (Phi) is 3.40. The molecule has 0 unspecified atom stereocenters. The van der Waals surface area contributed by atoms with Crippen LogP contribution in [0.2, 0.25) is 0 Å². The normalized spacial score (nSPS) is 17.1. The molecule has 0 aliphatic heterocycles. The van der Waals surface area contributed by atoms with Gasteiger partial charge in [0.15, 0.2) is 5.82 Å². The summed E-state index contributed by atoms with van der Waals surface area (Å²) in [5.41, 5.74) is 8.61. The number of hydrogen-bond donors (Lipinski definition) is 3. The fourth-order valence-electron chi connectivity index (χ4n) is 1.93. The van der Waals surface area contributed by atoms with E-state index in [0.717, 1.165) is 12.8 Å². The fourth-order valence-corrected chi connectivity index (χ4v) is 1.93. The van der Waals surface area contributed by atoms with Crippen molar-refractivity contribution in [1.82, 2.24) is 9.97 Å². The number of anilines is 2. The Balaban J connectivity index is 2.08. The molecule has 6 heteroatoms. The summed E-state index contributed by atoms with van der Waals surface area (Å²) in [5.74, 6) is 6.11. The summed E-state index contributed by atoms with van der Waals surface area (Å²) in [6.45, 7) is 0. The van der Waals surface area contributed by atoms with Crippen molar-refractivity contribution in [2.45, 2.75) is 38.2 Å². The van der Waals surface area contributed by atoms with Crippen molar-refractivity contribution in [3.63, 3.8) is 0 Å². The SMILES string of the molecule is NNc1ncnc(OC2CCCCC2)c1N. The van der Waals surface area contributed by atoms with E-state index >= 15 is 0 Å². The summed E-state index contributed by atoms with van der Waals surface area (Å²) in [7, 11) is 0. The van der Waals surface area contributed by atoms with Gasteiger partial charge in [0.2, 0.25) is 5.88 Å². The highest BCUT2D eigenvalue weighted by Gasteiger charge is 2.17. The van der Waals surface area contributed by atoms with Gasteiger partial charge in [-0.25, -0.2) is 10.8 Å². The Morgan fingerprint density at radius 3 is 2.69 bits per heavy atom. The van der Waals surface area contributed by atoms with E-state index in [1.54, 1.807) is 0 Å². The number of nitrogen functional groups attached to an aromatic ring is 2. The quantitative estimate of drug-likeness (QED) is 0.523. The summed E-state index contributed by atoms with van der Waals surface area (Å²) in [4.78, 5) is 7.93. The molecule has 6 nitrogen and oxygen atoms in total. The Morgan fingerprint density at radius 1 is 1.25 bits per heavy atom. The summed E-state index contributed by atoms with van der Waals surface area (Å²) in [6, 6.07) is 0. The van der Waals surface area contributed by atoms with Crippen LogP contribution in [-0.2, 0) is 0 Å². The summed E-state index contributed by atoms with van der Waals surface area (Å²) in [5, 5.41) is 0. The van der Waals surface area contributed by atoms with Crippen LogP contribution in [0.5, 0.6) is 5.88 Å². The number of nitrogens with one attached hydrogen (secondary N) is 1. The van der Waals surface area contributed by atoms with Gasteiger partial charge in [0.1, 0.15) is 18.1 Å². The molecular formula is C10H17N5O. The fraction of sp³-hybridized carbons (Fsp3) is 0.600. The smallest absolute Gasteiger partial charge is 0.242 e. The third kappa shape index (κ3) is 2.33. The van der Waals surface area contributed by atoms with E-state index in [1.165, 1.54) is 25.6 Å². The standard InChI is InChI=1S/C10H17N5O/c11-8-9(15-12)13-6-14-10(8)16-7-4-2-1-3-5-7/h6-7H,1-5,11-12H2,(H,13,14,15). The number of ether oxygens (including phenoxy) is 1. The van der Waals surface area contributed by atoms with Crippen LogP contribution in [0, 0.1) is 0 Å². The van der Waals surface area contributed by atoms with Crippen LogP contribution in [0.1, 0.15) is 32.1 Å². The van der Waals surface area contributed by atoms with E-state index in [9.17, 15) is 0 Å². The highest BCUT2D eigenvalue weighted by molar-refractivity contribution is 5.65. The van der Waals surface area contributed by atoms with Gasteiger partial charge < -0.3 is 15.9 Å². The third-order valence-electron chi connectivity index (χ3n) is 2.81. The summed E-state index contributed by atoms with van der Waals surface area (Å²) in [6.07, 6.45) is 7.44. The van der Waals surface area contributed by atoms with Gasteiger partial charge in [-0.15, -0.1) is 0 Å². The van der Waals surface area contributed by atoms with Crippen LogP contribution < -0.4 is 21.7 Å². The zero-order chi connectivity index (χ0) is 11.4. The zero-order valence-corrected chi connectivity index (χ0v) is 9.15. The first kappa shape index (κ1) is 10.9. The molecular weight excluding hydrogens is 206 g/mol. The van der Waals surface area contributed by atoms with Gasteiger partial charge in [-0.2, -0.15) is 4.98 Å². The third-order valence-corrected chi connectivity index (χ3v) is 2.81. The lowest BCUT2D eigenvalue weighted by Gasteiger charge is -2.23. The molecule has 1 saturated carbocycles. The topological polar surface area (TPSA) is 99.1 Å². The molecule has 0 atom stereocenters. The van der Waals surface area contributed by atoms with Gasteiger partial charge >= 0.3 is 0 Å². The van der Waals surface area contributed by atoms with E-state index in [0.29, 0.717) is 17.4 Å². The molecule has 1 aliphatic carbocycles. The van der Waals surface area contributed by atoms with E-state index in [-0.39, 0.29) is 6.10 Å². The van der Waals surface area contributed by atoms with Crippen molar-refractivity contribution in [3.05, 3.63) is 6.33 Å². The molecule has 1 aliphatic rings. The van der Waals surface area contributed by atoms with Crippen LogP contribution >= 0.6 is 0 Å². The highest BCUT2D eigenvalue weighted by atomic mass is 16.5. The largest absolute Gasteiger partial charge is 0.473 e. The zero-order valence-electron chi connectivity index (χ0n) is 9.15. The molecule has 1 heterocycles. The molecule has 88 valence electrons. The van der Waals surface area contributed by atoms with Crippen LogP contribution in [0.3, 0.4) is 0 Å². The maximum atomic E-state index is 5.82. The second-order valence-electron chi connectivity index (χ2n) is 3.96. The number of hydrogen-bond acceptors (Lipinski definition) is 6. The number of rotatable bonds is 3. The lowest BCUT2D eigenvalue weighted by molar-refractivity contribution is 0.149. The maximum Gasteiger partial charge on any atom is 0.242 e. The Hall–Kier alpha value is -1.56. The minimum Gasteiger partial charge on any atom is -0.473 e. The molecule has 0 amide bonds. The van der Waals surface area contributed by atoms with Gasteiger partial charge in [-0.3, -0.25) is 0 Å². The molecule has 0 spiro atoms. The van der Waals surface area contributed by atoms with Gasteiger partial charge in [-0.1, -0.05) is 6.42 Å². The number of nitrogens with two attached hydrogens (primary N) is 2. The molecule has 0 saturated heterocycles. The Morgan fingerprint density at radius 2 is 2.00 bits per heavy atom. The molecule has 0 aromatic carbocycles. The van der Waals surface area contributed by atoms with Crippen molar-refractivity contribution >= 4 is 11.5 Å². The highest BCUT2D eigenvalue weighted by Crippen LogP contribution is 2.28. The van der Waals surface area contributed by atoms with E-state index in [2.05, 4.69) is 15.4 Å². The number of nitrogens with zero attached hydrogens (tertiary/aromatic N) is 2. The van der Waals surface area contributed by atoms with Crippen molar-refractivity contribution in [2.24, 2.45) is 5.84 Å². The summed E-state index contributed by atoms with van der Waals surface area (Å²) < 4.78 is 5.76. The second-order valence-corrected chi connectivity index (χ2v) is 3.96. The van der Waals surface area contributed by atoms with E-state index in [1.807, 2.05) is 0 Å². The first-order valence-electron chi connectivity index (χ1n) is 5.55. The van der Waals surface area contributed by atoms with Gasteiger partial charge in [0.25, 0.3) is 0 Å². The van der Waals surface area contributed by atoms with Crippen LogP contribution in [0.4, 0.5) is 11.5 Å². The van der Waals surface area contributed by atoms with Crippen molar-refractivity contribution in [1.29, 1.82) is 0 Å². The molecule has 0 radical (unpaired) electrons. The van der Waals surface area contributed by atoms with Crippen LogP contribution in [0.15, 0.2) is 6.33 Å².